The van der Waals surface area contributed by atoms with Crippen LogP contribution in [-0.2, 0) is 6.42 Å². The van der Waals surface area contributed by atoms with Gasteiger partial charge in [-0.15, -0.1) is 0 Å². The Labute approximate surface area is 97.8 Å². The average Bonchev–Trinajstić information content (AvgIpc) is 2.81. The summed E-state index contributed by atoms with van der Waals surface area (Å²) in [6.45, 7) is 7.96. The predicted molar refractivity (Wildman–Crippen MR) is 65.5 cm³/mol. The first-order valence-corrected chi connectivity index (χ1v) is 6.30. The summed E-state index contributed by atoms with van der Waals surface area (Å²) < 4.78 is 5.42. The van der Waals surface area contributed by atoms with Crippen molar-refractivity contribution in [3.05, 3.63) is 24.2 Å². The molecule has 0 radical (unpaired) electrons. The van der Waals surface area contributed by atoms with E-state index in [2.05, 4.69) is 30.1 Å². The molecule has 1 aliphatic heterocycles. The van der Waals surface area contributed by atoms with Crippen LogP contribution in [0.3, 0.4) is 0 Å². The summed E-state index contributed by atoms with van der Waals surface area (Å²) >= 11 is 0. The Kier molecular flexibility index (Phi) is 4.02. The van der Waals surface area contributed by atoms with Crippen molar-refractivity contribution in [1.29, 1.82) is 0 Å². The molecular formula is C13H22N2O. The summed E-state index contributed by atoms with van der Waals surface area (Å²) in [5.74, 6) is 1.10. The van der Waals surface area contributed by atoms with E-state index in [0.29, 0.717) is 12.1 Å². The Morgan fingerprint density at radius 2 is 2.50 bits per heavy atom. The molecule has 0 spiro atoms. The molecule has 2 heterocycles. The first-order chi connectivity index (χ1) is 7.81. The fraction of sp³-hybridized carbons (Fsp3) is 0.692. The Morgan fingerprint density at radius 1 is 1.62 bits per heavy atom. The van der Waals surface area contributed by atoms with Crippen LogP contribution < -0.4 is 5.32 Å². The average molecular weight is 222 g/mol. The topological polar surface area (TPSA) is 28.4 Å². The summed E-state index contributed by atoms with van der Waals surface area (Å²) in [6.07, 6.45) is 4.00. The van der Waals surface area contributed by atoms with Gasteiger partial charge >= 0.3 is 0 Å². The molecule has 2 rings (SSSR count). The largest absolute Gasteiger partial charge is 0.469 e. The van der Waals surface area contributed by atoms with Crippen LogP contribution in [0.1, 0.15) is 26.0 Å². The van der Waals surface area contributed by atoms with E-state index >= 15 is 0 Å². The number of nitrogens with zero attached hydrogens (tertiary/aromatic N) is 1. The van der Waals surface area contributed by atoms with E-state index in [1.54, 1.807) is 6.26 Å². The van der Waals surface area contributed by atoms with E-state index in [4.69, 9.17) is 4.42 Å². The van der Waals surface area contributed by atoms with Gasteiger partial charge in [-0.25, -0.2) is 0 Å². The van der Waals surface area contributed by atoms with Gasteiger partial charge in [0.15, 0.2) is 0 Å². The Morgan fingerprint density at radius 3 is 3.19 bits per heavy atom. The van der Waals surface area contributed by atoms with Gasteiger partial charge in [0.05, 0.1) is 6.26 Å². The van der Waals surface area contributed by atoms with Gasteiger partial charge in [-0.1, -0.05) is 6.92 Å². The second-order valence-electron chi connectivity index (χ2n) is 4.64. The highest BCUT2D eigenvalue weighted by molar-refractivity contribution is 5.01. The Bertz CT molecular complexity index is 297. The van der Waals surface area contributed by atoms with Gasteiger partial charge in [0, 0.05) is 38.1 Å². The zero-order valence-electron chi connectivity index (χ0n) is 10.3. The molecular weight excluding hydrogens is 200 g/mol. The number of rotatable bonds is 4. The fourth-order valence-corrected chi connectivity index (χ4v) is 2.57. The van der Waals surface area contributed by atoms with Gasteiger partial charge in [0.25, 0.3) is 0 Å². The lowest BCUT2D eigenvalue weighted by Crippen LogP contribution is -2.54. The third-order valence-electron chi connectivity index (χ3n) is 3.51. The maximum atomic E-state index is 5.42. The first-order valence-electron chi connectivity index (χ1n) is 6.30. The quantitative estimate of drug-likeness (QED) is 0.843. The van der Waals surface area contributed by atoms with Crippen molar-refractivity contribution in [2.75, 3.05) is 19.6 Å². The normalized spacial score (nSPS) is 24.5. The smallest absolute Gasteiger partial charge is 0.105 e. The molecule has 0 aromatic carbocycles. The van der Waals surface area contributed by atoms with Crippen LogP contribution in [0.25, 0.3) is 0 Å². The van der Waals surface area contributed by atoms with Gasteiger partial charge in [0.2, 0.25) is 0 Å². The first kappa shape index (κ1) is 11.7. The minimum absolute atomic E-state index is 0.568. The van der Waals surface area contributed by atoms with Crippen LogP contribution in [0.2, 0.25) is 0 Å². The van der Waals surface area contributed by atoms with Gasteiger partial charge in [-0.05, 0) is 25.5 Å². The summed E-state index contributed by atoms with van der Waals surface area (Å²) in [5.41, 5.74) is 0. The van der Waals surface area contributed by atoms with Crippen LogP contribution >= 0.6 is 0 Å². The van der Waals surface area contributed by atoms with E-state index in [-0.39, 0.29) is 0 Å². The highest BCUT2D eigenvalue weighted by atomic mass is 16.3. The molecule has 1 N–H and O–H groups in total. The molecule has 1 aromatic heterocycles. The Balaban J connectivity index is 1.94. The van der Waals surface area contributed by atoms with E-state index in [1.165, 1.54) is 6.42 Å². The van der Waals surface area contributed by atoms with Crippen molar-refractivity contribution in [3.63, 3.8) is 0 Å². The van der Waals surface area contributed by atoms with Crippen LogP contribution in [0.5, 0.6) is 0 Å². The van der Waals surface area contributed by atoms with E-state index in [0.717, 1.165) is 31.8 Å². The number of nitrogens with one attached hydrogen (secondary N) is 1. The third-order valence-corrected chi connectivity index (χ3v) is 3.51. The molecule has 1 fully saturated rings. The molecule has 2 unspecified atom stereocenters. The lowest BCUT2D eigenvalue weighted by molar-refractivity contribution is 0.108. The van der Waals surface area contributed by atoms with Gasteiger partial charge < -0.3 is 9.73 Å². The molecule has 1 saturated heterocycles. The molecule has 0 bridgehead atoms. The highest BCUT2D eigenvalue weighted by Crippen LogP contribution is 2.15. The molecule has 0 saturated carbocycles. The third kappa shape index (κ3) is 2.66. The maximum absolute atomic E-state index is 5.42. The number of furan rings is 1. The lowest BCUT2D eigenvalue weighted by Gasteiger charge is -2.39. The Hall–Kier alpha value is -0.800. The molecule has 90 valence electrons. The van der Waals surface area contributed by atoms with E-state index in [9.17, 15) is 0 Å². The predicted octanol–water partition coefficient (Wildman–Crippen LogP) is 1.89. The van der Waals surface area contributed by atoms with Crippen molar-refractivity contribution in [2.24, 2.45) is 0 Å². The molecule has 16 heavy (non-hydrogen) atoms. The molecule has 3 nitrogen and oxygen atoms in total. The second-order valence-corrected chi connectivity index (χ2v) is 4.64. The SMILES string of the molecule is CCC1CNCCN1C(C)Cc1ccco1. The van der Waals surface area contributed by atoms with Crippen molar-refractivity contribution in [2.45, 2.75) is 38.8 Å². The van der Waals surface area contributed by atoms with Crippen LogP contribution in [-0.4, -0.2) is 36.6 Å². The monoisotopic (exact) mass is 222 g/mol. The van der Waals surface area contributed by atoms with Crippen molar-refractivity contribution in [3.8, 4) is 0 Å². The number of piperazine rings is 1. The zero-order chi connectivity index (χ0) is 11.4. The van der Waals surface area contributed by atoms with Crippen molar-refractivity contribution in [1.82, 2.24) is 10.2 Å². The fourth-order valence-electron chi connectivity index (χ4n) is 2.57. The van der Waals surface area contributed by atoms with Crippen LogP contribution in [0.4, 0.5) is 0 Å². The lowest BCUT2D eigenvalue weighted by atomic mass is 10.1. The summed E-state index contributed by atoms with van der Waals surface area (Å²) in [5, 5.41) is 3.46. The second kappa shape index (κ2) is 5.51. The van der Waals surface area contributed by atoms with Crippen LogP contribution in [0, 0.1) is 0 Å². The summed E-state index contributed by atoms with van der Waals surface area (Å²) in [6, 6.07) is 5.29. The number of hydrogen-bond donors (Lipinski definition) is 1. The molecule has 0 aliphatic carbocycles. The molecule has 1 aromatic rings. The molecule has 2 atom stereocenters. The van der Waals surface area contributed by atoms with E-state index in [1.807, 2.05) is 6.07 Å². The standard InChI is InChI=1S/C13H22N2O/c1-3-12-10-14-6-7-15(12)11(2)9-13-5-4-8-16-13/h4-5,8,11-12,14H,3,6-7,9-10H2,1-2H3. The van der Waals surface area contributed by atoms with Gasteiger partial charge in [-0.3, -0.25) is 4.90 Å². The number of hydrogen-bond acceptors (Lipinski definition) is 3. The van der Waals surface area contributed by atoms with E-state index < -0.39 is 0 Å². The summed E-state index contributed by atoms with van der Waals surface area (Å²) in [7, 11) is 0. The van der Waals surface area contributed by atoms with Crippen LogP contribution in [0.15, 0.2) is 22.8 Å². The molecule has 1 aliphatic rings. The zero-order valence-corrected chi connectivity index (χ0v) is 10.3. The minimum atomic E-state index is 0.568. The molecule has 0 amide bonds. The summed E-state index contributed by atoms with van der Waals surface area (Å²) in [4.78, 5) is 2.61. The van der Waals surface area contributed by atoms with Crippen molar-refractivity contribution >= 4 is 0 Å². The maximum Gasteiger partial charge on any atom is 0.105 e. The molecule has 3 heteroatoms. The van der Waals surface area contributed by atoms with Gasteiger partial charge in [0.1, 0.15) is 5.76 Å². The highest BCUT2D eigenvalue weighted by Gasteiger charge is 2.25. The van der Waals surface area contributed by atoms with Gasteiger partial charge in [-0.2, -0.15) is 0 Å². The van der Waals surface area contributed by atoms with Crippen molar-refractivity contribution < 1.29 is 4.42 Å². The minimum Gasteiger partial charge on any atom is -0.469 e.